The first kappa shape index (κ1) is 19.6. The summed E-state index contributed by atoms with van der Waals surface area (Å²) >= 11 is 1.22. The van der Waals surface area contributed by atoms with Crippen molar-refractivity contribution in [2.24, 2.45) is 5.10 Å². The maximum absolute atomic E-state index is 11.8. The predicted molar refractivity (Wildman–Crippen MR) is 111 cm³/mol. The number of nitrogens with one attached hydrogen (secondary N) is 1. The molecule has 6 nitrogen and oxygen atoms in total. The van der Waals surface area contributed by atoms with E-state index in [1.165, 1.54) is 11.3 Å². The topological polar surface area (TPSA) is 72.8 Å². The zero-order chi connectivity index (χ0) is 19.8. The summed E-state index contributed by atoms with van der Waals surface area (Å²) in [7, 11) is 0. The summed E-state index contributed by atoms with van der Waals surface area (Å²) in [6.07, 6.45) is 1.68. The van der Waals surface area contributed by atoms with E-state index in [0.29, 0.717) is 28.9 Å². The molecule has 2 aromatic carbocycles. The van der Waals surface area contributed by atoms with E-state index < -0.39 is 0 Å². The van der Waals surface area contributed by atoms with Crippen molar-refractivity contribution in [3.8, 4) is 5.75 Å². The molecule has 1 N–H and O–H groups in total. The molecule has 1 heterocycles. The van der Waals surface area contributed by atoms with E-state index in [9.17, 15) is 4.79 Å². The van der Waals surface area contributed by atoms with Gasteiger partial charge in [-0.05, 0) is 49.2 Å². The van der Waals surface area contributed by atoms with Crippen molar-refractivity contribution in [2.45, 2.75) is 20.5 Å². The Hall–Kier alpha value is -3.19. The highest BCUT2D eigenvalue weighted by Gasteiger charge is 2.15. The van der Waals surface area contributed by atoms with E-state index in [1.54, 1.807) is 20.1 Å². The lowest BCUT2D eigenvalue weighted by Gasteiger charge is -2.06. The summed E-state index contributed by atoms with van der Waals surface area (Å²) in [5.74, 6) is 0.434. The average Bonchev–Trinajstić information content (AvgIpc) is 3.09. The van der Waals surface area contributed by atoms with E-state index >= 15 is 0 Å². The van der Waals surface area contributed by atoms with Crippen LogP contribution in [-0.2, 0) is 11.3 Å². The van der Waals surface area contributed by atoms with Gasteiger partial charge in [0.05, 0.1) is 18.5 Å². The molecule has 0 saturated carbocycles. The van der Waals surface area contributed by atoms with Crippen molar-refractivity contribution >= 4 is 28.7 Å². The number of nitrogens with zero attached hydrogens (tertiary/aromatic N) is 2. The number of esters is 1. The molecule has 0 unspecified atom stereocenters. The van der Waals surface area contributed by atoms with E-state index in [2.05, 4.69) is 15.5 Å². The van der Waals surface area contributed by atoms with Gasteiger partial charge in [-0.15, -0.1) is 0 Å². The number of carbonyl (C=O) groups excluding carboxylic acids is 1. The molecule has 1 aromatic heterocycles. The fourth-order valence-electron chi connectivity index (χ4n) is 2.38. The van der Waals surface area contributed by atoms with Crippen molar-refractivity contribution in [3.05, 3.63) is 76.3 Å². The van der Waals surface area contributed by atoms with Gasteiger partial charge in [-0.25, -0.2) is 9.78 Å². The zero-order valence-electron chi connectivity index (χ0n) is 15.7. The quantitative estimate of drug-likeness (QED) is 0.341. The third-order valence-corrected chi connectivity index (χ3v) is 4.80. The number of carbonyl (C=O) groups is 1. The van der Waals surface area contributed by atoms with E-state index in [1.807, 2.05) is 54.6 Å². The van der Waals surface area contributed by atoms with E-state index in [4.69, 9.17) is 9.47 Å². The lowest BCUT2D eigenvalue weighted by Crippen LogP contribution is -2.03. The number of anilines is 1. The number of ether oxygens (including phenoxy) is 2. The fourth-order valence-corrected chi connectivity index (χ4v) is 3.19. The van der Waals surface area contributed by atoms with Crippen LogP contribution in [0.2, 0.25) is 0 Å². The molecule has 0 aliphatic rings. The molecule has 0 aliphatic carbocycles. The third-order valence-electron chi connectivity index (χ3n) is 3.76. The van der Waals surface area contributed by atoms with Gasteiger partial charge in [0, 0.05) is 0 Å². The van der Waals surface area contributed by atoms with Gasteiger partial charge in [-0.3, -0.25) is 5.43 Å². The van der Waals surface area contributed by atoms with Gasteiger partial charge < -0.3 is 9.47 Å². The Balaban J connectivity index is 1.53. The number of thiazole rings is 1. The van der Waals surface area contributed by atoms with Crippen LogP contribution >= 0.6 is 11.3 Å². The number of hydrazone groups is 1. The summed E-state index contributed by atoms with van der Waals surface area (Å²) in [5, 5.41) is 4.72. The van der Waals surface area contributed by atoms with Crippen LogP contribution in [0, 0.1) is 6.92 Å². The molecule has 0 amide bonds. The van der Waals surface area contributed by atoms with Gasteiger partial charge in [0.15, 0.2) is 0 Å². The number of hydrogen-bond donors (Lipinski definition) is 1. The van der Waals surface area contributed by atoms with Crippen molar-refractivity contribution in [1.29, 1.82) is 0 Å². The normalized spacial score (nSPS) is 10.8. The molecular formula is C21H21N3O3S. The van der Waals surface area contributed by atoms with Gasteiger partial charge in [-0.2, -0.15) is 5.10 Å². The number of benzene rings is 2. The molecule has 0 saturated heterocycles. The Morgan fingerprint density at radius 1 is 1.18 bits per heavy atom. The molecule has 28 heavy (non-hydrogen) atoms. The summed E-state index contributed by atoms with van der Waals surface area (Å²) in [6, 6.07) is 17.7. The standard InChI is InChI=1S/C21H21N3O3S/c1-3-26-20(25)19-15(2)23-21(28-19)24-22-13-16-9-11-18(12-10-16)27-14-17-7-5-4-6-8-17/h4-13H,3,14H2,1-2H3,(H,23,24). The van der Waals surface area contributed by atoms with Crippen molar-refractivity contribution in [2.75, 3.05) is 12.0 Å². The maximum Gasteiger partial charge on any atom is 0.350 e. The average molecular weight is 395 g/mol. The smallest absolute Gasteiger partial charge is 0.350 e. The SMILES string of the molecule is CCOC(=O)c1sc(NN=Cc2ccc(OCc3ccccc3)cc2)nc1C. The minimum Gasteiger partial charge on any atom is -0.489 e. The summed E-state index contributed by atoms with van der Waals surface area (Å²) in [5.41, 5.74) is 5.52. The highest BCUT2D eigenvalue weighted by Crippen LogP contribution is 2.23. The number of aryl methyl sites for hydroxylation is 1. The molecular weight excluding hydrogens is 374 g/mol. The van der Waals surface area contributed by atoms with Crippen LogP contribution in [0.5, 0.6) is 5.75 Å². The van der Waals surface area contributed by atoms with Crippen molar-refractivity contribution < 1.29 is 14.3 Å². The Morgan fingerprint density at radius 2 is 1.93 bits per heavy atom. The minimum absolute atomic E-state index is 0.335. The second kappa shape index (κ2) is 9.66. The first-order chi connectivity index (χ1) is 13.7. The predicted octanol–water partition coefficient (Wildman–Crippen LogP) is 4.65. The Morgan fingerprint density at radius 3 is 2.64 bits per heavy atom. The molecule has 3 rings (SSSR count). The summed E-state index contributed by atoms with van der Waals surface area (Å²) in [4.78, 5) is 16.6. The molecule has 144 valence electrons. The molecule has 7 heteroatoms. The highest BCUT2D eigenvalue weighted by molar-refractivity contribution is 7.17. The van der Waals surface area contributed by atoms with Gasteiger partial charge >= 0.3 is 5.97 Å². The molecule has 0 bridgehead atoms. The first-order valence-electron chi connectivity index (χ1n) is 8.86. The highest BCUT2D eigenvalue weighted by atomic mass is 32.1. The zero-order valence-corrected chi connectivity index (χ0v) is 16.5. The van der Waals surface area contributed by atoms with Gasteiger partial charge in [0.25, 0.3) is 0 Å². The second-order valence-electron chi connectivity index (χ2n) is 5.87. The van der Waals surface area contributed by atoms with Crippen molar-refractivity contribution in [1.82, 2.24) is 4.98 Å². The van der Waals surface area contributed by atoms with Crippen LogP contribution < -0.4 is 10.2 Å². The van der Waals surface area contributed by atoms with Crippen LogP contribution in [0.15, 0.2) is 59.7 Å². The second-order valence-corrected chi connectivity index (χ2v) is 6.87. The number of aromatic nitrogens is 1. The third kappa shape index (κ3) is 5.40. The molecule has 3 aromatic rings. The van der Waals surface area contributed by atoms with Crippen molar-refractivity contribution in [3.63, 3.8) is 0 Å². The monoisotopic (exact) mass is 395 g/mol. The molecule has 0 aliphatic heterocycles. The van der Waals surface area contributed by atoms with Crippen LogP contribution in [0.4, 0.5) is 5.13 Å². The molecule has 0 spiro atoms. The Bertz CT molecular complexity index is 937. The van der Waals surface area contributed by atoms with Gasteiger partial charge in [-0.1, -0.05) is 41.7 Å². The summed E-state index contributed by atoms with van der Waals surface area (Å²) < 4.78 is 10.8. The lowest BCUT2D eigenvalue weighted by atomic mass is 10.2. The first-order valence-corrected chi connectivity index (χ1v) is 9.67. The largest absolute Gasteiger partial charge is 0.489 e. The molecule has 0 fully saturated rings. The van der Waals surface area contributed by atoms with E-state index in [-0.39, 0.29) is 5.97 Å². The lowest BCUT2D eigenvalue weighted by molar-refractivity contribution is 0.0531. The molecule has 0 radical (unpaired) electrons. The van der Waals surface area contributed by atoms with Crippen LogP contribution in [0.1, 0.15) is 33.4 Å². The maximum atomic E-state index is 11.8. The van der Waals surface area contributed by atoms with Gasteiger partial charge in [0.2, 0.25) is 5.13 Å². The fraction of sp³-hybridized carbons (Fsp3) is 0.190. The molecule has 0 atom stereocenters. The minimum atomic E-state index is -0.361. The van der Waals surface area contributed by atoms with Crippen LogP contribution in [0.3, 0.4) is 0 Å². The Kier molecular flexibility index (Phi) is 6.75. The number of hydrogen-bond acceptors (Lipinski definition) is 7. The van der Waals surface area contributed by atoms with Crippen LogP contribution in [-0.4, -0.2) is 23.8 Å². The Labute approximate surface area is 167 Å². The van der Waals surface area contributed by atoms with Gasteiger partial charge in [0.1, 0.15) is 17.2 Å². The summed E-state index contributed by atoms with van der Waals surface area (Å²) in [6.45, 7) is 4.41. The van der Waals surface area contributed by atoms with Crippen LogP contribution in [0.25, 0.3) is 0 Å². The number of rotatable bonds is 8. The van der Waals surface area contributed by atoms with E-state index in [0.717, 1.165) is 16.9 Å².